The number of carbonyl (C=O) groups is 1. The number of aromatic nitrogens is 2. The van der Waals surface area contributed by atoms with Crippen molar-refractivity contribution in [2.75, 3.05) is 20.3 Å². The molecule has 0 radical (unpaired) electrons. The number of methoxy groups -OCH3 is 1. The average Bonchev–Trinajstić information content (AvgIpc) is 3.11. The van der Waals surface area contributed by atoms with Crippen molar-refractivity contribution < 1.29 is 23.4 Å². The van der Waals surface area contributed by atoms with E-state index in [1.165, 1.54) is 7.11 Å². The lowest BCUT2D eigenvalue weighted by atomic mass is 10.2. The molecule has 0 aliphatic carbocycles. The van der Waals surface area contributed by atoms with Crippen molar-refractivity contribution in [1.82, 2.24) is 9.55 Å². The fourth-order valence-corrected chi connectivity index (χ4v) is 3.92. The van der Waals surface area contributed by atoms with Crippen LogP contribution in [0.5, 0.6) is 0 Å². The van der Waals surface area contributed by atoms with Crippen LogP contribution in [-0.4, -0.2) is 50.5 Å². The molecule has 3 atom stereocenters. The van der Waals surface area contributed by atoms with Gasteiger partial charge in [0.2, 0.25) is 0 Å². The molecule has 28 heavy (non-hydrogen) atoms. The molecule has 8 heteroatoms. The van der Waals surface area contributed by atoms with Gasteiger partial charge in [-0.3, -0.25) is 0 Å². The molecule has 1 saturated heterocycles. The minimum absolute atomic E-state index is 0.0557. The van der Waals surface area contributed by atoms with Crippen molar-refractivity contribution in [3.05, 3.63) is 18.2 Å². The van der Waals surface area contributed by atoms with Crippen LogP contribution in [0, 0.1) is 0 Å². The lowest BCUT2D eigenvalue weighted by molar-refractivity contribution is -0.188. The summed E-state index contributed by atoms with van der Waals surface area (Å²) in [7, 11) is -0.614. The Balaban J connectivity index is 2.16. The minimum atomic E-state index is -2.01. The highest BCUT2D eigenvalue weighted by molar-refractivity contribution is 6.74. The summed E-state index contributed by atoms with van der Waals surface area (Å²) in [6.07, 6.45) is 5.97. The summed E-state index contributed by atoms with van der Waals surface area (Å²) in [5.41, 5.74) is 0. The van der Waals surface area contributed by atoms with Gasteiger partial charge < -0.3 is 23.2 Å². The van der Waals surface area contributed by atoms with Crippen LogP contribution < -0.4 is 0 Å². The number of imidazole rings is 1. The van der Waals surface area contributed by atoms with Crippen LogP contribution in [0.25, 0.3) is 0 Å². The molecule has 0 N–H and O–H groups in total. The molecule has 1 aliphatic heterocycles. The van der Waals surface area contributed by atoms with Crippen LogP contribution in [0.4, 0.5) is 0 Å². The van der Waals surface area contributed by atoms with Gasteiger partial charge in [-0.2, -0.15) is 0 Å². The van der Waals surface area contributed by atoms with Gasteiger partial charge in [0.1, 0.15) is 11.9 Å². The number of nitrogens with zero attached hydrogens (tertiary/aromatic N) is 2. The SMILES string of the molecule is COC(=O)[C@@H](CO[Si](C)(C)C(C)(C)C)n1ccnc1[C@H](C)OC1CCCCO1. The van der Waals surface area contributed by atoms with Gasteiger partial charge in [0.25, 0.3) is 0 Å². The van der Waals surface area contributed by atoms with E-state index in [1.807, 2.05) is 11.5 Å². The third-order valence-corrected chi connectivity index (χ3v) is 10.3. The molecule has 1 aromatic rings. The lowest BCUT2D eigenvalue weighted by Crippen LogP contribution is -2.43. The standard InChI is InChI=1S/C20H36N2O5Si/c1-15(27-17-10-8-9-13-25-17)18-21-11-12-22(18)16(19(23)24-5)14-26-28(6,7)20(2,3)4/h11-12,15-17H,8-10,13-14H2,1-7H3/t15-,16+,17?/m0/s1. The second-order valence-electron chi connectivity index (χ2n) is 8.88. The Labute approximate surface area is 169 Å². The van der Waals surface area contributed by atoms with E-state index in [9.17, 15) is 4.79 Å². The van der Waals surface area contributed by atoms with E-state index in [0.29, 0.717) is 5.82 Å². The van der Waals surface area contributed by atoms with Gasteiger partial charge in [-0.15, -0.1) is 0 Å². The molecule has 160 valence electrons. The summed E-state index contributed by atoms with van der Waals surface area (Å²) in [6.45, 7) is 13.8. The normalized spacial score (nSPS) is 20.6. The van der Waals surface area contributed by atoms with Crippen LogP contribution in [0.1, 0.15) is 64.9 Å². The van der Waals surface area contributed by atoms with Crippen LogP contribution in [0.15, 0.2) is 12.4 Å². The molecule has 1 aliphatic rings. The van der Waals surface area contributed by atoms with Crippen LogP contribution in [-0.2, 0) is 23.4 Å². The first-order valence-corrected chi connectivity index (χ1v) is 13.0. The molecule has 0 saturated carbocycles. The highest BCUT2D eigenvalue weighted by Gasteiger charge is 2.39. The molecule has 0 bridgehead atoms. The monoisotopic (exact) mass is 412 g/mol. The molecule has 2 rings (SSSR count). The van der Waals surface area contributed by atoms with Gasteiger partial charge in [-0.25, -0.2) is 9.78 Å². The van der Waals surface area contributed by atoms with Crippen LogP contribution in [0.3, 0.4) is 0 Å². The van der Waals surface area contributed by atoms with Crippen molar-refractivity contribution in [2.24, 2.45) is 0 Å². The van der Waals surface area contributed by atoms with E-state index in [4.69, 9.17) is 18.6 Å². The molecule has 0 spiro atoms. The zero-order valence-electron chi connectivity index (χ0n) is 18.4. The number of rotatable bonds is 8. The summed E-state index contributed by atoms with van der Waals surface area (Å²) in [5, 5.41) is 0.0557. The predicted octanol–water partition coefficient (Wildman–Crippen LogP) is 4.22. The van der Waals surface area contributed by atoms with Gasteiger partial charge in [0, 0.05) is 19.0 Å². The lowest BCUT2D eigenvalue weighted by Gasteiger charge is -2.37. The summed E-state index contributed by atoms with van der Waals surface area (Å²) >= 11 is 0. The number of carbonyl (C=O) groups excluding carboxylic acids is 1. The largest absolute Gasteiger partial charge is 0.467 e. The molecule has 7 nitrogen and oxygen atoms in total. The third-order valence-electron chi connectivity index (χ3n) is 5.77. The molecular formula is C20H36N2O5Si. The van der Waals surface area contributed by atoms with Crippen LogP contribution >= 0.6 is 0 Å². The molecule has 1 aromatic heterocycles. The fourth-order valence-electron chi connectivity index (χ4n) is 2.91. The maximum Gasteiger partial charge on any atom is 0.331 e. The zero-order chi connectivity index (χ0) is 20.9. The molecule has 1 unspecified atom stereocenters. The van der Waals surface area contributed by atoms with E-state index < -0.39 is 14.4 Å². The highest BCUT2D eigenvalue weighted by Crippen LogP contribution is 2.37. The van der Waals surface area contributed by atoms with E-state index in [2.05, 4.69) is 38.8 Å². The van der Waals surface area contributed by atoms with Gasteiger partial charge in [0.15, 0.2) is 20.6 Å². The summed E-state index contributed by atoms with van der Waals surface area (Å²) in [4.78, 5) is 17.0. The molecular weight excluding hydrogens is 376 g/mol. The fraction of sp³-hybridized carbons (Fsp3) is 0.800. The first kappa shape index (κ1) is 23.1. The van der Waals surface area contributed by atoms with Crippen molar-refractivity contribution in [3.8, 4) is 0 Å². The molecule has 0 aromatic carbocycles. The summed E-state index contributed by atoms with van der Waals surface area (Å²) in [6, 6.07) is -0.602. The number of esters is 1. The van der Waals surface area contributed by atoms with E-state index in [0.717, 1.165) is 25.9 Å². The van der Waals surface area contributed by atoms with Gasteiger partial charge in [-0.1, -0.05) is 20.8 Å². The van der Waals surface area contributed by atoms with Crippen molar-refractivity contribution in [1.29, 1.82) is 0 Å². The van der Waals surface area contributed by atoms with Gasteiger partial charge in [0.05, 0.1) is 13.7 Å². The highest BCUT2D eigenvalue weighted by atomic mass is 28.4. The Bertz CT molecular complexity index is 635. The number of ether oxygens (including phenoxy) is 3. The zero-order valence-corrected chi connectivity index (χ0v) is 19.4. The predicted molar refractivity (Wildman–Crippen MR) is 110 cm³/mol. The number of hydrogen-bond acceptors (Lipinski definition) is 6. The van der Waals surface area contributed by atoms with Crippen LogP contribution in [0.2, 0.25) is 18.1 Å². The first-order valence-electron chi connectivity index (χ1n) is 10.1. The Morgan fingerprint density at radius 2 is 2.11 bits per heavy atom. The Hall–Kier alpha value is -1.22. The smallest absolute Gasteiger partial charge is 0.331 e. The second kappa shape index (κ2) is 9.52. The Morgan fingerprint density at radius 1 is 1.39 bits per heavy atom. The molecule has 0 amide bonds. The quantitative estimate of drug-likeness (QED) is 0.470. The maximum atomic E-state index is 12.5. The molecule has 2 heterocycles. The van der Waals surface area contributed by atoms with Crippen molar-refractivity contribution in [3.63, 3.8) is 0 Å². The Kier molecular flexibility index (Phi) is 7.84. The Morgan fingerprint density at radius 3 is 2.68 bits per heavy atom. The third kappa shape index (κ3) is 5.65. The maximum absolute atomic E-state index is 12.5. The first-order chi connectivity index (χ1) is 13.1. The van der Waals surface area contributed by atoms with Crippen molar-refractivity contribution >= 4 is 14.3 Å². The summed E-state index contributed by atoms with van der Waals surface area (Å²) in [5.74, 6) is 0.322. The van der Waals surface area contributed by atoms with Gasteiger partial charge >= 0.3 is 5.97 Å². The van der Waals surface area contributed by atoms with Crippen molar-refractivity contribution in [2.45, 2.75) is 83.5 Å². The van der Waals surface area contributed by atoms with E-state index in [-0.39, 0.29) is 30.0 Å². The molecule has 1 fully saturated rings. The summed E-state index contributed by atoms with van der Waals surface area (Å²) < 4.78 is 24.9. The van der Waals surface area contributed by atoms with Gasteiger partial charge in [-0.05, 0) is 44.3 Å². The van der Waals surface area contributed by atoms with E-state index >= 15 is 0 Å². The topological polar surface area (TPSA) is 71.8 Å². The minimum Gasteiger partial charge on any atom is -0.467 e. The second-order valence-corrected chi connectivity index (χ2v) is 13.7. The number of hydrogen-bond donors (Lipinski definition) is 0. The average molecular weight is 413 g/mol. The van der Waals surface area contributed by atoms with E-state index in [1.54, 1.807) is 12.4 Å².